The summed E-state index contributed by atoms with van der Waals surface area (Å²) in [6.45, 7) is 7.79. The maximum atomic E-state index is 5.71. The smallest absolute Gasteiger partial charge is 0.122 e. The Hall–Kier alpha value is -0.490. The van der Waals surface area contributed by atoms with E-state index in [1.54, 1.807) is 18.4 Å². The summed E-state index contributed by atoms with van der Waals surface area (Å²) < 4.78 is 11.0. The van der Waals surface area contributed by atoms with Crippen LogP contribution in [0.1, 0.15) is 48.4 Å². The van der Waals surface area contributed by atoms with Crippen molar-refractivity contribution in [1.82, 2.24) is 10.3 Å². The van der Waals surface area contributed by atoms with E-state index in [1.807, 2.05) is 0 Å². The molecule has 5 heteroatoms. The van der Waals surface area contributed by atoms with E-state index in [1.165, 1.54) is 4.88 Å². The molecule has 0 saturated carbocycles. The molecule has 2 rings (SSSR count). The normalized spacial score (nSPS) is 19.5. The quantitative estimate of drug-likeness (QED) is 0.836. The minimum absolute atomic E-state index is 0.208. The molecule has 2 heterocycles. The molecule has 1 aliphatic heterocycles. The number of thiazole rings is 1. The molecule has 1 aromatic heterocycles. The van der Waals surface area contributed by atoms with Crippen molar-refractivity contribution in [3.05, 3.63) is 15.6 Å². The summed E-state index contributed by atoms with van der Waals surface area (Å²) in [5, 5.41) is 4.59. The van der Waals surface area contributed by atoms with Crippen molar-refractivity contribution in [3.63, 3.8) is 0 Å². The zero-order chi connectivity index (χ0) is 13.7. The highest BCUT2D eigenvalue weighted by Crippen LogP contribution is 2.33. The largest absolute Gasteiger partial charge is 0.378 e. The van der Waals surface area contributed by atoms with E-state index in [0.717, 1.165) is 43.2 Å². The Balaban J connectivity index is 2.01. The van der Waals surface area contributed by atoms with Crippen LogP contribution in [0.15, 0.2) is 0 Å². The minimum Gasteiger partial charge on any atom is -0.378 e. The Morgan fingerprint density at radius 3 is 3.00 bits per heavy atom. The van der Waals surface area contributed by atoms with Crippen molar-refractivity contribution in [3.8, 4) is 0 Å². The van der Waals surface area contributed by atoms with E-state index >= 15 is 0 Å². The molecule has 1 unspecified atom stereocenters. The predicted octanol–water partition coefficient (Wildman–Crippen LogP) is 2.89. The second-order valence-corrected chi connectivity index (χ2v) is 6.50. The maximum Gasteiger partial charge on any atom is 0.122 e. The van der Waals surface area contributed by atoms with Crippen LogP contribution in [-0.2, 0) is 22.6 Å². The third kappa shape index (κ3) is 4.24. The van der Waals surface area contributed by atoms with Crippen molar-refractivity contribution >= 4 is 11.3 Å². The van der Waals surface area contributed by atoms with Crippen molar-refractivity contribution < 1.29 is 9.47 Å². The fourth-order valence-corrected chi connectivity index (χ4v) is 3.30. The van der Waals surface area contributed by atoms with Gasteiger partial charge in [0.05, 0.1) is 12.3 Å². The maximum absolute atomic E-state index is 5.71. The van der Waals surface area contributed by atoms with E-state index in [2.05, 4.69) is 19.2 Å². The molecule has 0 spiro atoms. The Morgan fingerprint density at radius 2 is 2.37 bits per heavy atom. The Morgan fingerprint density at radius 1 is 1.53 bits per heavy atom. The first kappa shape index (κ1) is 14.9. The second-order valence-electron chi connectivity index (χ2n) is 5.38. The van der Waals surface area contributed by atoms with Gasteiger partial charge in [-0.15, -0.1) is 11.3 Å². The van der Waals surface area contributed by atoms with Crippen LogP contribution in [0.5, 0.6) is 0 Å². The second kappa shape index (κ2) is 7.33. The predicted molar refractivity (Wildman–Crippen MR) is 77.3 cm³/mol. The average Bonchev–Trinajstić information content (AvgIpc) is 2.98. The fraction of sp³-hybridized carbons (Fsp3) is 0.786. The highest BCUT2D eigenvalue weighted by Gasteiger charge is 2.23. The fourth-order valence-electron chi connectivity index (χ4n) is 2.18. The van der Waals surface area contributed by atoms with Gasteiger partial charge in [0.25, 0.3) is 0 Å². The molecular formula is C14H24N2O2S. The van der Waals surface area contributed by atoms with E-state index in [0.29, 0.717) is 12.5 Å². The summed E-state index contributed by atoms with van der Waals surface area (Å²) >= 11 is 1.77. The Bertz CT molecular complexity index is 387. The summed E-state index contributed by atoms with van der Waals surface area (Å²) in [6.07, 6.45) is 2.45. The molecule has 1 saturated heterocycles. The van der Waals surface area contributed by atoms with E-state index in [4.69, 9.17) is 14.5 Å². The van der Waals surface area contributed by atoms with Crippen molar-refractivity contribution in [2.45, 2.75) is 45.9 Å². The van der Waals surface area contributed by atoms with Crippen LogP contribution in [0.3, 0.4) is 0 Å². The zero-order valence-electron chi connectivity index (χ0n) is 12.1. The third-order valence-corrected chi connectivity index (χ3v) is 4.31. The van der Waals surface area contributed by atoms with Gasteiger partial charge in [-0.3, -0.25) is 0 Å². The molecular weight excluding hydrogens is 260 g/mol. The van der Waals surface area contributed by atoms with Gasteiger partial charge in [-0.25, -0.2) is 4.98 Å². The minimum atomic E-state index is 0.208. The van der Waals surface area contributed by atoms with Crippen molar-refractivity contribution in [2.24, 2.45) is 5.92 Å². The first-order chi connectivity index (χ1) is 9.20. The molecule has 108 valence electrons. The number of methoxy groups -OCH3 is 1. The molecule has 4 nitrogen and oxygen atoms in total. The van der Waals surface area contributed by atoms with Gasteiger partial charge in [0.1, 0.15) is 11.1 Å². The SMILES string of the molecule is COCc1nc(C2CCCO2)sc1CNCC(C)C. The highest BCUT2D eigenvalue weighted by molar-refractivity contribution is 7.11. The van der Waals surface area contributed by atoms with Gasteiger partial charge < -0.3 is 14.8 Å². The standard InChI is InChI=1S/C14H24N2O2S/c1-10(2)7-15-8-13-11(9-17-3)16-14(19-13)12-5-4-6-18-12/h10,12,15H,4-9H2,1-3H3. The van der Waals surface area contributed by atoms with Crippen LogP contribution in [-0.4, -0.2) is 25.2 Å². The molecule has 1 atom stereocenters. The summed E-state index contributed by atoms with van der Waals surface area (Å²) in [6, 6.07) is 0. The highest BCUT2D eigenvalue weighted by atomic mass is 32.1. The van der Waals surface area contributed by atoms with Crippen molar-refractivity contribution in [1.29, 1.82) is 0 Å². The van der Waals surface area contributed by atoms with Crippen LogP contribution in [0.25, 0.3) is 0 Å². The lowest BCUT2D eigenvalue weighted by Crippen LogP contribution is -2.19. The van der Waals surface area contributed by atoms with Gasteiger partial charge in [0.15, 0.2) is 0 Å². The summed E-state index contributed by atoms with van der Waals surface area (Å²) in [5.41, 5.74) is 1.06. The molecule has 0 aromatic carbocycles. The van der Waals surface area contributed by atoms with Crippen molar-refractivity contribution in [2.75, 3.05) is 20.3 Å². The van der Waals surface area contributed by atoms with Gasteiger partial charge in [0, 0.05) is 25.1 Å². The van der Waals surface area contributed by atoms with Gasteiger partial charge in [-0.1, -0.05) is 13.8 Å². The lowest BCUT2D eigenvalue weighted by Gasteiger charge is -2.06. The zero-order valence-corrected chi connectivity index (χ0v) is 12.9. The van der Waals surface area contributed by atoms with Gasteiger partial charge in [0.2, 0.25) is 0 Å². The van der Waals surface area contributed by atoms with Crippen LogP contribution >= 0.6 is 11.3 Å². The molecule has 0 radical (unpaired) electrons. The van der Waals surface area contributed by atoms with Gasteiger partial charge in [-0.2, -0.15) is 0 Å². The first-order valence-corrected chi connectivity index (χ1v) is 7.82. The summed E-state index contributed by atoms with van der Waals surface area (Å²) in [5.74, 6) is 0.663. The molecule has 0 amide bonds. The lowest BCUT2D eigenvalue weighted by atomic mass is 10.2. The van der Waals surface area contributed by atoms with E-state index < -0.39 is 0 Å². The lowest BCUT2D eigenvalue weighted by molar-refractivity contribution is 0.111. The Labute approximate surface area is 119 Å². The molecule has 0 aliphatic carbocycles. The molecule has 1 N–H and O–H groups in total. The first-order valence-electron chi connectivity index (χ1n) is 7.00. The molecule has 1 aromatic rings. The van der Waals surface area contributed by atoms with Gasteiger partial charge >= 0.3 is 0 Å². The molecule has 0 bridgehead atoms. The monoisotopic (exact) mass is 284 g/mol. The number of aromatic nitrogens is 1. The summed E-state index contributed by atoms with van der Waals surface area (Å²) in [7, 11) is 1.72. The number of rotatable bonds is 7. The number of ether oxygens (including phenoxy) is 2. The number of nitrogens with one attached hydrogen (secondary N) is 1. The van der Waals surface area contributed by atoms with Crippen LogP contribution in [0.4, 0.5) is 0 Å². The van der Waals surface area contributed by atoms with Crippen LogP contribution in [0, 0.1) is 5.92 Å². The van der Waals surface area contributed by atoms with Crippen LogP contribution in [0.2, 0.25) is 0 Å². The molecule has 19 heavy (non-hydrogen) atoms. The van der Waals surface area contributed by atoms with Crippen LogP contribution < -0.4 is 5.32 Å². The molecule has 1 aliphatic rings. The number of nitrogens with zero attached hydrogens (tertiary/aromatic N) is 1. The number of hydrogen-bond donors (Lipinski definition) is 1. The molecule has 1 fully saturated rings. The van der Waals surface area contributed by atoms with E-state index in [9.17, 15) is 0 Å². The Kier molecular flexibility index (Phi) is 5.76. The number of hydrogen-bond acceptors (Lipinski definition) is 5. The summed E-state index contributed by atoms with van der Waals surface area (Å²) in [4.78, 5) is 5.99. The third-order valence-electron chi connectivity index (χ3n) is 3.12. The van der Waals surface area contributed by atoms with E-state index in [-0.39, 0.29) is 6.10 Å². The topological polar surface area (TPSA) is 43.4 Å². The van der Waals surface area contributed by atoms with Gasteiger partial charge in [-0.05, 0) is 25.3 Å². The average molecular weight is 284 g/mol.